The smallest absolute Gasteiger partial charge is 0.457 e. The Labute approximate surface area is 256 Å². The van der Waals surface area contributed by atoms with Crippen molar-refractivity contribution in [2.45, 2.75) is 123 Å². The minimum Gasteiger partial charge on any atom is -0.457 e. The summed E-state index contributed by atoms with van der Waals surface area (Å²) in [5.41, 5.74) is 5.32. The maximum atomic E-state index is 12.3. The zero-order valence-electron chi connectivity index (χ0n) is 26.5. The summed E-state index contributed by atoms with van der Waals surface area (Å²) in [6, 6.07) is 0. The highest BCUT2D eigenvalue weighted by atomic mass is 31.2. The van der Waals surface area contributed by atoms with Crippen LogP contribution in [0.5, 0.6) is 0 Å². The number of hydrogen-bond donors (Lipinski definition) is 2. The van der Waals surface area contributed by atoms with E-state index in [1.54, 1.807) is 0 Å². The molecule has 0 aliphatic heterocycles. The predicted octanol–water partition coefficient (Wildman–Crippen LogP) is 8.51. The van der Waals surface area contributed by atoms with Crippen molar-refractivity contribution in [3.63, 3.8) is 0 Å². The van der Waals surface area contributed by atoms with Crippen LogP contribution in [-0.4, -0.2) is 49.9 Å². The molecule has 8 nitrogen and oxygen atoms in total. The van der Waals surface area contributed by atoms with Gasteiger partial charge >= 0.3 is 13.8 Å². The van der Waals surface area contributed by atoms with Crippen LogP contribution in [0.15, 0.2) is 48.6 Å². The maximum absolute atomic E-state index is 12.3. The molecule has 0 amide bonds. The molecule has 0 spiro atoms. The summed E-state index contributed by atoms with van der Waals surface area (Å²) in [4.78, 5) is 22.1. The number of nitrogens with two attached hydrogens (primary N) is 1. The van der Waals surface area contributed by atoms with Crippen molar-refractivity contribution in [1.29, 1.82) is 0 Å². The molecule has 2 unspecified atom stereocenters. The van der Waals surface area contributed by atoms with Crippen LogP contribution >= 0.6 is 7.82 Å². The molecule has 0 bridgehead atoms. The van der Waals surface area contributed by atoms with Gasteiger partial charge in [0.15, 0.2) is 0 Å². The van der Waals surface area contributed by atoms with Gasteiger partial charge in [-0.15, -0.1) is 0 Å². The number of phosphoric ester groups is 1. The van der Waals surface area contributed by atoms with Gasteiger partial charge in [0, 0.05) is 19.6 Å². The first-order valence-electron chi connectivity index (χ1n) is 16.1. The van der Waals surface area contributed by atoms with E-state index in [-0.39, 0.29) is 32.3 Å². The fourth-order valence-electron chi connectivity index (χ4n) is 3.93. The van der Waals surface area contributed by atoms with Gasteiger partial charge in [-0.05, 0) is 51.4 Å². The van der Waals surface area contributed by atoms with Crippen molar-refractivity contribution in [3.8, 4) is 0 Å². The van der Waals surface area contributed by atoms with Gasteiger partial charge < -0.3 is 20.1 Å². The van der Waals surface area contributed by atoms with Crippen LogP contribution in [0.25, 0.3) is 0 Å². The molecule has 0 aromatic carbocycles. The molecule has 0 aliphatic carbocycles. The van der Waals surface area contributed by atoms with E-state index < -0.39 is 13.9 Å². The Bertz CT molecular complexity index is 782. The fraction of sp³-hybridized carbons (Fsp3) is 0.727. The predicted molar refractivity (Wildman–Crippen MR) is 173 cm³/mol. The van der Waals surface area contributed by atoms with E-state index in [1.807, 2.05) is 0 Å². The molecule has 0 heterocycles. The zero-order chi connectivity index (χ0) is 31.0. The number of ether oxygens (including phenoxy) is 2. The van der Waals surface area contributed by atoms with Gasteiger partial charge in [0.2, 0.25) is 0 Å². The van der Waals surface area contributed by atoms with Crippen molar-refractivity contribution in [2.75, 3.05) is 33.0 Å². The van der Waals surface area contributed by atoms with Gasteiger partial charge in [-0.1, -0.05) is 107 Å². The monoisotopic (exact) mass is 613 g/mol. The van der Waals surface area contributed by atoms with Crippen molar-refractivity contribution >= 4 is 13.8 Å². The van der Waals surface area contributed by atoms with E-state index in [2.05, 4.69) is 62.5 Å². The lowest BCUT2D eigenvalue weighted by Gasteiger charge is -2.20. The molecular weight excluding hydrogens is 553 g/mol. The topological polar surface area (TPSA) is 117 Å². The van der Waals surface area contributed by atoms with Crippen LogP contribution in [0, 0.1) is 0 Å². The van der Waals surface area contributed by atoms with Gasteiger partial charge in [0.05, 0.1) is 19.8 Å². The number of carbonyl (C=O) groups excluding carboxylic acids is 1. The highest BCUT2D eigenvalue weighted by molar-refractivity contribution is 7.47. The summed E-state index contributed by atoms with van der Waals surface area (Å²) in [5.74, 6) is -0.352. The first-order chi connectivity index (χ1) is 20.4. The molecule has 42 heavy (non-hydrogen) atoms. The van der Waals surface area contributed by atoms with Crippen molar-refractivity contribution in [2.24, 2.45) is 5.73 Å². The third kappa shape index (κ3) is 29.9. The van der Waals surface area contributed by atoms with Gasteiger partial charge in [-0.2, -0.15) is 0 Å². The minimum absolute atomic E-state index is 0.0934. The summed E-state index contributed by atoms with van der Waals surface area (Å²) >= 11 is 0. The maximum Gasteiger partial charge on any atom is 0.472 e. The third-order valence-electron chi connectivity index (χ3n) is 6.26. The lowest BCUT2D eigenvalue weighted by atomic mass is 10.1. The van der Waals surface area contributed by atoms with Gasteiger partial charge in [0.1, 0.15) is 6.10 Å². The van der Waals surface area contributed by atoms with Crippen molar-refractivity contribution in [3.05, 3.63) is 48.6 Å². The molecule has 9 heteroatoms. The standard InChI is InChI=1S/C33H60NO7P/c1-3-5-7-9-11-12-13-14-15-16-17-18-19-21-23-25-28-38-30-32(31-40-42(36,37)39-29-27-34)41-33(35)26-24-22-20-10-8-6-4-2/h5,7,11-12,14-15,17-18,32H,3-4,6,8-10,13,16,19-31,34H2,1-2H3,(H,36,37)/b7-5-,12-11-,15-14-,18-17-. The van der Waals surface area contributed by atoms with Crippen LogP contribution < -0.4 is 5.73 Å². The molecule has 0 aliphatic rings. The van der Waals surface area contributed by atoms with Crippen LogP contribution in [-0.2, 0) is 27.9 Å². The average Bonchev–Trinajstić information content (AvgIpc) is 2.97. The summed E-state index contributed by atoms with van der Waals surface area (Å²) in [6.07, 6.45) is 32.8. The molecule has 244 valence electrons. The summed E-state index contributed by atoms with van der Waals surface area (Å²) < 4.78 is 33.0. The lowest BCUT2D eigenvalue weighted by molar-refractivity contribution is -0.154. The number of hydrogen-bond acceptors (Lipinski definition) is 7. The Balaban J connectivity index is 4.18. The van der Waals surface area contributed by atoms with E-state index in [0.717, 1.165) is 70.6 Å². The normalized spacial score (nSPS) is 14.5. The van der Waals surface area contributed by atoms with E-state index in [4.69, 9.17) is 24.3 Å². The highest BCUT2D eigenvalue weighted by Crippen LogP contribution is 2.43. The molecule has 0 saturated heterocycles. The van der Waals surface area contributed by atoms with Crippen molar-refractivity contribution < 1.29 is 32.8 Å². The number of rotatable bonds is 30. The van der Waals surface area contributed by atoms with Gasteiger partial charge in [-0.3, -0.25) is 13.8 Å². The summed E-state index contributed by atoms with van der Waals surface area (Å²) in [6.45, 7) is 4.64. The van der Waals surface area contributed by atoms with Crippen LogP contribution in [0.4, 0.5) is 0 Å². The van der Waals surface area contributed by atoms with E-state index in [0.29, 0.717) is 13.0 Å². The number of allylic oxidation sites excluding steroid dienone is 8. The average molecular weight is 614 g/mol. The Hall–Kier alpha value is -1.54. The second-order valence-electron chi connectivity index (χ2n) is 10.3. The molecule has 2 atom stereocenters. The molecule has 0 saturated carbocycles. The third-order valence-corrected chi connectivity index (χ3v) is 7.24. The largest absolute Gasteiger partial charge is 0.472 e. The van der Waals surface area contributed by atoms with E-state index >= 15 is 0 Å². The van der Waals surface area contributed by atoms with Crippen LogP contribution in [0.1, 0.15) is 117 Å². The highest BCUT2D eigenvalue weighted by Gasteiger charge is 2.25. The number of carbonyl (C=O) groups is 1. The quantitative estimate of drug-likeness (QED) is 0.0358. The SMILES string of the molecule is CC/C=C\C/C=C\C/C=C\C/C=C\CCCCCOCC(COP(=O)(O)OCCN)OC(=O)CCCCCCCCC. The summed E-state index contributed by atoms with van der Waals surface area (Å²) in [7, 11) is -4.27. The molecule has 0 aromatic rings. The number of unbranched alkanes of at least 4 members (excludes halogenated alkanes) is 9. The zero-order valence-corrected chi connectivity index (χ0v) is 27.4. The molecule has 0 aromatic heterocycles. The minimum atomic E-state index is -4.27. The molecule has 0 rings (SSSR count). The van der Waals surface area contributed by atoms with E-state index in [1.165, 1.54) is 25.7 Å². The number of phosphoric acid groups is 1. The van der Waals surface area contributed by atoms with Crippen LogP contribution in [0.3, 0.4) is 0 Å². The summed E-state index contributed by atoms with van der Waals surface area (Å²) in [5, 5.41) is 0. The molecule has 0 radical (unpaired) electrons. The number of esters is 1. The fourth-order valence-corrected chi connectivity index (χ4v) is 4.69. The Morgan fingerprint density at radius 3 is 1.98 bits per heavy atom. The Kier molecular flexibility index (Phi) is 29.8. The Morgan fingerprint density at radius 2 is 1.33 bits per heavy atom. The molecule has 0 fully saturated rings. The Morgan fingerprint density at radius 1 is 0.738 bits per heavy atom. The first kappa shape index (κ1) is 40.5. The van der Waals surface area contributed by atoms with Gasteiger partial charge in [-0.25, -0.2) is 4.57 Å². The van der Waals surface area contributed by atoms with Gasteiger partial charge in [0.25, 0.3) is 0 Å². The molecular formula is C33H60NO7P. The van der Waals surface area contributed by atoms with Crippen molar-refractivity contribution in [1.82, 2.24) is 0 Å². The lowest BCUT2D eigenvalue weighted by Crippen LogP contribution is -2.28. The first-order valence-corrected chi connectivity index (χ1v) is 17.6. The second kappa shape index (κ2) is 30.9. The molecule has 3 N–H and O–H groups in total. The van der Waals surface area contributed by atoms with Crippen LogP contribution in [0.2, 0.25) is 0 Å². The second-order valence-corrected chi connectivity index (χ2v) is 11.7. The van der Waals surface area contributed by atoms with E-state index in [9.17, 15) is 14.3 Å².